The van der Waals surface area contributed by atoms with E-state index in [9.17, 15) is 9.18 Å². The molecule has 2 aromatic carbocycles. The molecular formula is C17H15FN2OS2. The number of nitrogens with zero attached hydrogens (tertiary/aromatic N) is 1. The first-order chi connectivity index (χ1) is 11.2. The second-order valence-corrected chi connectivity index (χ2v) is 7.34. The van der Waals surface area contributed by atoms with E-state index in [4.69, 9.17) is 0 Å². The molecule has 118 valence electrons. The maximum absolute atomic E-state index is 13.0. The Morgan fingerprint density at radius 3 is 2.57 bits per heavy atom. The van der Waals surface area contributed by atoms with Gasteiger partial charge in [0.25, 0.3) is 0 Å². The standard InChI is InChI=1S/C17H15FN2OS2/c18-13-6-8-14(9-7-13)20-16(21)15(12-4-2-1-3-5-12)23-17-19-10-11-22-17/h1-9,15H,10-11H2,(H,20,21). The van der Waals surface area contributed by atoms with Crippen LogP contribution in [0.15, 0.2) is 59.6 Å². The lowest BCUT2D eigenvalue weighted by Crippen LogP contribution is -2.19. The molecule has 1 aliphatic rings. The van der Waals surface area contributed by atoms with Gasteiger partial charge in [-0.3, -0.25) is 9.79 Å². The average molecular weight is 346 g/mol. The van der Waals surface area contributed by atoms with Crippen LogP contribution >= 0.6 is 23.5 Å². The number of nitrogens with one attached hydrogen (secondary N) is 1. The van der Waals surface area contributed by atoms with Crippen LogP contribution in [0.3, 0.4) is 0 Å². The minimum Gasteiger partial charge on any atom is -0.325 e. The molecule has 0 fully saturated rings. The number of aliphatic imine (C=N–C) groups is 1. The number of benzene rings is 2. The highest BCUT2D eigenvalue weighted by Gasteiger charge is 2.25. The molecule has 1 amide bonds. The van der Waals surface area contributed by atoms with Gasteiger partial charge in [-0.05, 0) is 29.8 Å². The Bertz CT molecular complexity index is 704. The molecule has 2 aromatic rings. The maximum atomic E-state index is 13.0. The van der Waals surface area contributed by atoms with Crippen LogP contribution in [-0.4, -0.2) is 22.6 Å². The number of anilines is 1. The maximum Gasteiger partial charge on any atom is 0.242 e. The van der Waals surface area contributed by atoms with Crippen LogP contribution in [0.1, 0.15) is 10.8 Å². The fraction of sp³-hybridized carbons (Fsp3) is 0.176. The summed E-state index contributed by atoms with van der Waals surface area (Å²) in [5.41, 5.74) is 1.51. The largest absolute Gasteiger partial charge is 0.325 e. The molecule has 3 rings (SSSR count). The van der Waals surface area contributed by atoms with Gasteiger partial charge in [0.2, 0.25) is 5.91 Å². The second kappa shape index (κ2) is 7.66. The Morgan fingerprint density at radius 2 is 1.91 bits per heavy atom. The van der Waals surface area contributed by atoms with E-state index < -0.39 is 0 Å². The molecule has 23 heavy (non-hydrogen) atoms. The molecule has 0 spiro atoms. The molecular weight excluding hydrogens is 331 g/mol. The second-order valence-electron chi connectivity index (χ2n) is 4.90. The Hall–Kier alpha value is -1.79. The van der Waals surface area contributed by atoms with Crippen molar-refractivity contribution >= 4 is 39.5 Å². The van der Waals surface area contributed by atoms with Crippen LogP contribution in [-0.2, 0) is 4.79 Å². The van der Waals surface area contributed by atoms with Crippen LogP contribution < -0.4 is 5.32 Å². The lowest BCUT2D eigenvalue weighted by molar-refractivity contribution is -0.115. The molecule has 0 bridgehead atoms. The van der Waals surface area contributed by atoms with Crippen molar-refractivity contribution in [2.45, 2.75) is 5.25 Å². The zero-order valence-electron chi connectivity index (χ0n) is 12.2. The van der Waals surface area contributed by atoms with Gasteiger partial charge >= 0.3 is 0 Å². The number of carbonyl (C=O) groups excluding carboxylic acids is 1. The summed E-state index contributed by atoms with van der Waals surface area (Å²) in [4.78, 5) is 17.1. The number of carbonyl (C=O) groups is 1. The number of hydrogen-bond acceptors (Lipinski definition) is 4. The van der Waals surface area contributed by atoms with Crippen molar-refractivity contribution in [3.05, 3.63) is 66.0 Å². The van der Waals surface area contributed by atoms with Crippen molar-refractivity contribution in [1.29, 1.82) is 0 Å². The van der Waals surface area contributed by atoms with Gasteiger partial charge in [-0.2, -0.15) is 0 Å². The van der Waals surface area contributed by atoms with E-state index in [-0.39, 0.29) is 17.0 Å². The summed E-state index contributed by atoms with van der Waals surface area (Å²) in [6, 6.07) is 15.4. The van der Waals surface area contributed by atoms with Crippen molar-refractivity contribution in [2.75, 3.05) is 17.6 Å². The van der Waals surface area contributed by atoms with Gasteiger partial charge in [-0.1, -0.05) is 53.9 Å². The number of rotatable bonds is 4. The van der Waals surface area contributed by atoms with Gasteiger partial charge in [-0.15, -0.1) is 0 Å². The first-order valence-corrected chi connectivity index (χ1v) is 9.04. The first kappa shape index (κ1) is 16.1. The molecule has 3 nitrogen and oxygen atoms in total. The molecule has 6 heteroatoms. The fourth-order valence-corrected chi connectivity index (χ4v) is 4.31. The lowest BCUT2D eigenvalue weighted by Gasteiger charge is -2.16. The highest BCUT2D eigenvalue weighted by atomic mass is 32.2. The van der Waals surface area contributed by atoms with Gasteiger partial charge in [0.05, 0.1) is 6.54 Å². The SMILES string of the molecule is O=C(Nc1ccc(F)cc1)C(SC1=NCCS1)c1ccccc1. The topological polar surface area (TPSA) is 41.5 Å². The molecule has 0 aromatic heterocycles. The highest BCUT2D eigenvalue weighted by Crippen LogP contribution is 2.36. The summed E-state index contributed by atoms with van der Waals surface area (Å²) in [6.07, 6.45) is 0. The summed E-state index contributed by atoms with van der Waals surface area (Å²) in [5, 5.41) is 2.47. The Morgan fingerprint density at radius 1 is 1.17 bits per heavy atom. The smallest absolute Gasteiger partial charge is 0.242 e. The minimum atomic E-state index is -0.384. The van der Waals surface area contributed by atoms with E-state index in [1.807, 2.05) is 30.3 Å². The minimum absolute atomic E-state index is 0.136. The molecule has 0 radical (unpaired) electrons. The Kier molecular flexibility index (Phi) is 5.35. The molecule has 1 N–H and O–H groups in total. The van der Waals surface area contributed by atoms with Crippen molar-refractivity contribution in [3.63, 3.8) is 0 Å². The fourth-order valence-electron chi connectivity index (χ4n) is 2.13. The van der Waals surface area contributed by atoms with E-state index in [0.29, 0.717) is 5.69 Å². The summed E-state index contributed by atoms with van der Waals surface area (Å²) >= 11 is 3.14. The van der Waals surface area contributed by atoms with E-state index in [1.54, 1.807) is 23.9 Å². The van der Waals surface area contributed by atoms with Gasteiger partial charge < -0.3 is 5.32 Å². The number of thioether (sulfide) groups is 2. The third-order valence-corrected chi connectivity index (χ3v) is 5.69. The van der Waals surface area contributed by atoms with Crippen molar-refractivity contribution < 1.29 is 9.18 Å². The van der Waals surface area contributed by atoms with E-state index in [2.05, 4.69) is 10.3 Å². The van der Waals surface area contributed by atoms with Gasteiger partial charge in [0, 0.05) is 11.4 Å². The predicted molar refractivity (Wildman–Crippen MR) is 96.6 cm³/mol. The van der Waals surface area contributed by atoms with Crippen LogP contribution in [0.4, 0.5) is 10.1 Å². The van der Waals surface area contributed by atoms with Gasteiger partial charge in [0.15, 0.2) is 0 Å². The van der Waals surface area contributed by atoms with Crippen molar-refractivity contribution in [2.24, 2.45) is 4.99 Å². The van der Waals surface area contributed by atoms with E-state index >= 15 is 0 Å². The van der Waals surface area contributed by atoms with Crippen LogP contribution in [0.25, 0.3) is 0 Å². The zero-order valence-corrected chi connectivity index (χ0v) is 13.9. The van der Waals surface area contributed by atoms with Crippen LogP contribution in [0.5, 0.6) is 0 Å². The Balaban J connectivity index is 1.79. The van der Waals surface area contributed by atoms with E-state index in [0.717, 1.165) is 22.2 Å². The number of halogens is 1. The zero-order chi connectivity index (χ0) is 16.1. The third kappa shape index (κ3) is 4.36. The quantitative estimate of drug-likeness (QED) is 0.895. The third-order valence-electron chi connectivity index (χ3n) is 3.23. The normalized spacial score (nSPS) is 15.1. The van der Waals surface area contributed by atoms with Crippen molar-refractivity contribution in [3.8, 4) is 0 Å². The van der Waals surface area contributed by atoms with E-state index in [1.165, 1.54) is 23.9 Å². The summed E-state index contributed by atoms with van der Waals surface area (Å²) in [7, 11) is 0. The molecule has 0 saturated carbocycles. The molecule has 0 aliphatic carbocycles. The number of hydrogen-bond donors (Lipinski definition) is 1. The number of amides is 1. The summed E-state index contributed by atoms with van der Waals surface area (Å²) < 4.78 is 13.9. The summed E-state index contributed by atoms with van der Waals surface area (Å²) in [6.45, 7) is 0.800. The lowest BCUT2D eigenvalue weighted by atomic mass is 10.1. The first-order valence-electron chi connectivity index (χ1n) is 7.17. The summed E-state index contributed by atoms with van der Waals surface area (Å²) in [5.74, 6) is 0.500. The van der Waals surface area contributed by atoms with Gasteiger partial charge in [0.1, 0.15) is 15.4 Å². The van der Waals surface area contributed by atoms with Crippen LogP contribution in [0.2, 0.25) is 0 Å². The van der Waals surface area contributed by atoms with Crippen molar-refractivity contribution in [1.82, 2.24) is 0 Å². The predicted octanol–water partition coefficient (Wildman–Crippen LogP) is 4.34. The van der Waals surface area contributed by atoms with Gasteiger partial charge in [-0.25, -0.2) is 4.39 Å². The Labute approximate surface area is 142 Å². The monoisotopic (exact) mass is 346 g/mol. The highest BCUT2D eigenvalue weighted by molar-refractivity contribution is 8.39. The molecule has 1 heterocycles. The molecule has 1 aliphatic heterocycles. The molecule has 1 unspecified atom stereocenters. The molecule has 0 saturated heterocycles. The molecule has 1 atom stereocenters. The average Bonchev–Trinajstić information content (AvgIpc) is 3.09. The van der Waals surface area contributed by atoms with Crippen LogP contribution in [0, 0.1) is 5.82 Å².